The van der Waals surface area contributed by atoms with Gasteiger partial charge in [0.2, 0.25) is 0 Å². The van der Waals surface area contributed by atoms with Crippen LogP contribution in [0, 0.1) is 0 Å². The molecule has 3 aromatic rings. The lowest BCUT2D eigenvalue weighted by molar-refractivity contribution is 0.222. The summed E-state index contributed by atoms with van der Waals surface area (Å²) in [5.74, 6) is 1.12. The van der Waals surface area contributed by atoms with Gasteiger partial charge < -0.3 is 15.6 Å². The molecule has 2 aromatic carbocycles. The van der Waals surface area contributed by atoms with Gasteiger partial charge >= 0.3 is 0 Å². The van der Waals surface area contributed by atoms with Gasteiger partial charge in [-0.3, -0.25) is 0 Å². The quantitative estimate of drug-likeness (QED) is 0.774. The Morgan fingerprint density at radius 1 is 1.00 bits per heavy atom. The van der Waals surface area contributed by atoms with Crippen LogP contribution in [0.4, 0.5) is 5.82 Å². The van der Waals surface area contributed by atoms with Crippen molar-refractivity contribution in [3.63, 3.8) is 0 Å². The zero-order chi connectivity index (χ0) is 14.8. The Bertz CT molecular complexity index is 787. The molecule has 0 amide bonds. The van der Waals surface area contributed by atoms with Crippen molar-refractivity contribution in [2.45, 2.75) is 6.10 Å². The fourth-order valence-corrected chi connectivity index (χ4v) is 2.54. The molecule has 1 unspecified atom stereocenters. The largest absolute Gasteiger partial charge is 0.496 e. The average molecular weight is 280 g/mol. The normalized spacial score (nSPS) is 12.3. The predicted octanol–water partition coefficient (Wildman–Crippen LogP) is 2.91. The lowest BCUT2D eigenvalue weighted by Gasteiger charge is -2.16. The van der Waals surface area contributed by atoms with Crippen LogP contribution in [0.1, 0.15) is 17.2 Å². The van der Waals surface area contributed by atoms with Crippen molar-refractivity contribution in [2.24, 2.45) is 0 Å². The van der Waals surface area contributed by atoms with Crippen LogP contribution in [-0.2, 0) is 0 Å². The van der Waals surface area contributed by atoms with Gasteiger partial charge in [-0.1, -0.05) is 36.4 Å². The number of anilines is 1. The van der Waals surface area contributed by atoms with Crippen LogP contribution < -0.4 is 10.5 Å². The number of nitrogens with zero attached hydrogens (tertiary/aromatic N) is 1. The highest BCUT2D eigenvalue weighted by molar-refractivity contribution is 5.91. The third kappa shape index (κ3) is 2.30. The number of hydrogen-bond donors (Lipinski definition) is 2. The summed E-state index contributed by atoms with van der Waals surface area (Å²) in [7, 11) is 1.64. The number of benzene rings is 2. The summed E-state index contributed by atoms with van der Waals surface area (Å²) < 4.78 is 5.37. The molecule has 1 heterocycles. The Kier molecular flexibility index (Phi) is 3.46. The van der Waals surface area contributed by atoms with Gasteiger partial charge in [-0.15, -0.1) is 0 Å². The molecule has 0 fully saturated rings. The van der Waals surface area contributed by atoms with Gasteiger partial charge in [0.15, 0.2) is 0 Å². The summed E-state index contributed by atoms with van der Waals surface area (Å²) in [6.07, 6.45) is 0.784. The van der Waals surface area contributed by atoms with Crippen LogP contribution >= 0.6 is 0 Å². The van der Waals surface area contributed by atoms with Gasteiger partial charge in [-0.2, -0.15) is 0 Å². The Balaban J connectivity index is 2.19. The number of rotatable bonds is 3. The van der Waals surface area contributed by atoms with Gasteiger partial charge in [0.05, 0.1) is 7.11 Å². The first-order chi connectivity index (χ1) is 10.2. The van der Waals surface area contributed by atoms with Crippen molar-refractivity contribution in [3.8, 4) is 5.75 Å². The number of nitrogen functional groups attached to an aromatic ring is 1. The zero-order valence-corrected chi connectivity index (χ0v) is 11.7. The summed E-state index contributed by atoms with van der Waals surface area (Å²) in [6, 6.07) is 15.1. The van der Waals surface area contributed by atoms with Crippen LogP contribution in [0.2, 0.25) is 0 Å². The molecule has 4 nitrogen and oxygen atoms in total. The lowest BCUT2D eigenvalue weighted by atomic mass is 9.95. The highest BCUT2D eigenvalue weighted by Gasteiger charge is 2.17. The molecule has 0 radical (unpaired) electrons. The maximum Gasteiger partial charge on any atom is 0.129 e. The molecule has 0 aliphatic heterocycles. The lowest BCUT2D eigenvalue weighted by Crippen LogP contribution is -2.06. The Hall–Kier alpha value is -2.59. The summed E-state index contributed by atoms with van der Waals surface area (Å²) in [6.45, 7) is 0. The van der Waals surface area contributed by atoms with E-state index in [1.807, 2.05) is 36.4 Å². The van der Waals surface area contributed by atoms with Gasteiger partial charge in [0, 0.05) is 17.1 Å². The first-order valence-electron chi connectivity index (χ1n) is 6.66. The van der Waals surface area contributed by atoms with E-state index in [1.165, 1.54) is 0 Å². The molecule has 106 valence electrons. The number of methoxy groups -OCH3 is 1. The van der Waals surface area contributed by atoms with E-state index in [2.05, 4.69) is 4.98 Å². The highest BCUT2D eigenvalue weighted by Crippen LogP contribution is 2.34. The second-order valence-corrected chi connectivity index (χ2v) is 4.78. The van der Waals surface area contributed by atoms with Crippen LogP contribution in [0.5, 0.6) is 5.75 Å². The Morgan fingerprint density at radius 2 is 1.76 bits per heavy atom. The SMILES string of the molecule is COc1ccc(C(O)c2cccnc2N)c2ccccc12. The van der Waals surface area contributed by atoms with E-state index in [4.69, 9.17) is 10.5 Å². The molecular formula is C17H16N2O2. The highest BCUT2D eigenvalue weighted by atomic mass is 16.5. The van der Waals surface area contributed by atoms with Gasteiger partial charge in [0.25, 0.3) is 0 Å². The molecular weight excluding hydrogens is 264 g/mol. The number of fused-ring (bicyclic) bond motifs is 1. The second kappa shape index (κ2) is 5.42. The van der Waals surface area contributed by atoms with Crippen LogP contribution in [-0.4, -0.2) is 17.2 Å². The van der Waals surface area contributed by atoms with E-state index >= 15 is 0 Å². The predicted molar refractivity (Wildman–Crippen MR) is 83.2 cm³/mol. The van der Waals surface area contributed by atoms with E-state index < -0.39 is 6.10 Å². The van der Waals surface area contributed by atoms with Crippen LogP contribution in [0.25, 0.3) is 10.8 Å². The molecule has 3 N–H and O–H groups in total. The first-order valence-corrected chi connectivity index (χ1v) is 6.66. The molecule has 4 heteroatoms. The summed E-state index contributed by atoms with van der Waals surface area (Å²) in [4.78, 5) is 4.03. The summed E-state index contributed by atoms with van der Waals surface area (Å²) in [5, 5.41) is 12.6. The maximum atomic E-state index is 10.7. The van der Waals surface area contributed by atoms with Gasteiger partial charge in [-0.25, -0.2) is 4.98 Å². The third-order valence-corrected chi connectivity index (χ3v) is 3.60. The first kappa shape index (κ1) is 13.4. The van der Waals surface area contributed by atoms with Crippen LogP contribution in [0.15, 0.2) is 54.7 Å². The van der Waals surface area contributed by atoms with Crippen molar-refractivity contribution in [1.29, 1.82) is 0 Å². The molecule has 1 aromatic heterocycles. The summed E-state index contributed by atoms with van der Waals surface area (Å²) in [5.41, 5.74) is 7.25. The van der Waals surface area contributed by atoms with Crippen LogP contribution in [0.3, 0.4) is 0 Å². The zero-order valence-electron chi connectivity index (χ0n) is 11.7. The molecule has 0 saturated carbocycles. The minimum absolute atomic E-state index is 0.338. The number of aliphatic hydroxyl groups excluding tert-OH is 1. The number of ether oxygens (including phenoxy) is 1. The number of aromatic nitrogens is 1. The molecule has 0 spiro atoms. The molecule has 21 heavy (non-hydrogen) atoms. The fraction of sp³-hybridized carbons (Fsp3) is 0.118. The fourth-order valence-electron chi connectivity index (χ4n) is 2.54. The summed E-state index contributed by atoms with van der Waals surface area (Å²) >= 11 is 0. The molecule has 0 saturated heterocycles. The molecule has 1 atom stereocenters. The maximum absolute atomic E-state index is 10.7. The number of hydrogen-bond acceptors (Lipinski definition) is 4. The molecule has 0 bridgehead atoms. The molecule has 3 rings (SSSR count). The second-order valence-electron chi connectivity index (χ2n) is 4.78. The Labute approximate surface area is 122 Å². The van der Waals surface area contributed by atoms with Gasteiger partial charge in [0.1, 0.15) is 17.7 Å². The smallest absolute Gasteiger partial charge is 0.129 e. The molecule has 0 aliphatic carbocycles. The number of nitrogens with two attached hydrogens (primary N) is 1. The Morgan fingerprint density at radius 3 is 2.48 bits per heavy atom. The number of aliphatic hydroxyl groups is 1. The average Bonchev–Trinajstić information content (AvgIpc) is 2.53. The van der Waals surface area contributed by atoms with Crippen molar-refractivity contribution < 1.29 is 9.84 Å². The number of pyridine rings is 1. The minimum Gasteiger partial charge on any atom is -0.496 e. The van der Waals surface area contributed by atoms with E-state index in [-0.39, 0.29) is 0 Å². The minimum atomic E-state index is -0.825. The monoisotopic (exact) mass is 280 g/mol. The van der Waals surface area contributed by atoms with E-state index in [0.29, 0.717) is 11.4 Å². The van der Waals surface area contributed by atoms with Crippen molar-refractivity contribution >= 4 is 16.6 Å². The van der Waals surface area contributed by atoms with Crippen molar-refractivity contribution in [2.75, 3.05) is 12.8 Å². The standard InChI is InChI=1S/C17H16N2O2/c1-21-15-9-8-13(11-5-2-3-6-12(11)15)16(20)14-7-4-10-19-17(14)18/h2-10,16,20H,1H3,(H2,18,19). The van der Waals surface area contributed by atoms with E-state index in [9.17, 15) is 5.11 Å². The molecule has 0 aliphatic rings. The third-order valence-electron chi connectivity index (χ3n) is 3.60. The van der Waals surface area contributed by atoms with Crippen molar-refractivity contribution in [1.82, 2.24) is 4.98 Å². The topological polar surface area (TPSA) is 68.4 Å². The van der Waals surface area contributed by atoms with Gasteiger partial charge in [-0.05, 0) is 23.1 Å². The van der Waals surface area contributed by atoms with E-state index in [1.54, 1.807) is 25.4 Å². The van der Waals surface area contributed by atoms with Crippen molar-refractivity contribution in [3.05, 3.63) is 65.9 Å². The van der Waals surface area contributed by atoms with E-state index in [0.717, 1.165) is 22.1 Å².